The van der Waals surface area contributed by atoms with E-state index in [-0.39, 0.29) is 24.5 Å². The van der Waals surface area contributed by atoms with Gasteiger partial charge in [0.05, 0.1) is 19.3 Å². The molecule has 0 amide bonds. The largest absolute Gasteiger partial charge is 0.466 e. The van der Waals surface area contributed by atoms with Crippen LogP contribution in [0.15, 0.2) is 95.6 Å². The van der Waals surface area contributed by atoms with E-state index in [1.807, 2.05) is 25.1 Å². The van der Waals surface area contributed by atoms with E-state index in [1.165, 1.54) is 11.1 Å². The van der Waals surface area contributed by atoms with Crippen LogP contribution in [0.2, 0.25) is 0 Å². The summed E-state index contributed by atoms with van der Waals surface area (Å²) in [6.07, 6.45) is 1.97. The third-order valence-electron chi connectivity index (χ3n) is 5.92. The maximum Gasteiger partial charge on any atom is 0.307 e. The molecule has 32 heavy (non-hydrogen) atoms. The highest BCUT2D eigenvalue weighted by Crippen LogP contribution is 2.36. The van der Waals surface area contributed by atoms with Crippen molar-refractivity contribution in [2.24, 2.45) is 0 Å². The first-order valence-electron chi connectivity index (χ1n) is 11.1. The molecule has 0 saturated heterocycles. The van der Waals surface area contributed by atoms with Gasteiger partial charge in [-0.2, -0.15) is 0 Å². The van der Waals surface area contributed by atoms with Gasteiger partial charge in [0.2, 0.25) is 0 Å². The molecule has 1 aromatic heterocycles. The minimum atomic E-state index is -0.199. The Hall–Kier alpha value is -3.37. The number of fused-ring (bicyclic) bond motifs is 1. The second-order valence-corrected chi connectivity index (χ2v) is 7.99. The summed E-state index contributed by atoms with van der Waals surface area (Å²) in [4.78, 5) is 15.1. The molecule has 0 aliphatic rings. The number of furan rings is 1. The maximum atomic E-state index is 12.7. The molecule has 4 nitrogen and oxygen atoms in total. The fourth-order valence-electron chi connectivity index (χ4n) is 4.22. The van der Waals surface area contributed by atoms with Crippen LogP contribution in [-0.2, 0) is 16.1 Å². The van der Waals surface area contributed by atoms with Gasteiger partial charge in [0.1, 0.15) is 5.58 Å². The van der Waals surface area contributed by atoms with Gasteiger partial charge in [-0.15, -0.1) is 0 Å². The third kappa shape index (κ3) is 5.09. The quantitative estimate of drug-likeness (QED) is 0.279. The molecule has 164 valence electrons. The molecule has 3 aromatic carbocycles. The number of carbonyl (C=O) groups excluding carboxylic acids is 1. The SMILES string of the molecule is CCOC(=O)CC(c1ccc2ccoc2c1)N(Cc1ccccc1)C(C)c1ccccc1. The number of rotatable bonds is 9. The van der Waals surface area contributed by atoms with Gasteiger partial charge in [0.25, 0.3) is 0 Å². The number of esters is 1. The van der Waals surface area contributed by atoms with E-state index in [0.29, 0.717) is 13.2 Å². The van der Waals surface area contributed by atoms with Gasteiger partial charge in [-0.3, -0.25) is 9.69 Å². The predicted molar refractivity (Wildman–Crippen MR) is 127 cm³/mol. The van der Waals surface area contributed by atoms with Crippen molar-refractivity contribution in [2.75, 3.05) is 6.61 Å². The Bertz CT molecular complexity index is 1140. The molecule has 0 aliphatic heterocycles. The van der Waals surface area contributed by atoms with Crippen molar-refractivity contribution >= 4 is 16.9 Å². The molecular formula is C28H29NO3. The van der Waals surface area contributed by atoms with Crippen molar-refractivity contribution in [3.8, 4) is 0 Å². The Morgan fingerprint density at radius 2 is 1.66 bits per heavy atom. The molecule has 0 spiro atoms. The smallest absolute Gasteiger partial charge is 0.307 e. The Kier molecular flexibility index (Phi) is 7.03. The lowest BCUT2D eigenvalue weighted by Crippen LogP contribution is -2.33. The van der Waals surface area contributed by atoms with Crippen LogP contribution < -0.4 is 0 Å². The molecule has 0 radical (unpaired) electrons. The summed E-state index contributed by atoms with van der Waals surface area (Å²) in [7, 11) is 0. The number of carbonyl (C=O) groups is 1. The van der Waals surface area contributed by atoms with Crippen LogP contribution in [0.4, 0.5) is 0 Å². The maximum absolute atomic E-state index is 12.7. The van der Waals surface area contributed by atoms with E-state index in [0.717, 1.165) is 16.5 Å². The first-order chi connectivity index (χ1) is 15.7. The number of hydrogen-bond donors (Lipinski definition) is 0. The van der Waals surface area contributed by atoms with Crippen LogP contribution in [0.1, 0.15) is 49.0 Å². The van der Waals surface area contributed by atoms with E-state index in [1.54, 1.807) is 6.26 Å². The lowest BCUT2D eigenvalue weighted by molar-refractivity contribution is -0.145. The lowest BCUT2D eigenvalue weighted by Gasteiger charge is -2.37. The zero-order chi connectivity index (χ0) is 22.3. The van der Waals surface area contributed by atoms with Gasteiger partial charge in [-0.25, -0.2) is 0 Å². The second kappa shape index (κ2) is 10.3. The highest BCUT2D eigenvalue weighted by atomic mass is 16.5. The molecule has 0 saturated carbocycles. The van der Waals surface area contributed by atoms with Crippen LogP contribution in [-0.4, -0.2) is 17.5 Å². The van der Waals surface area contributed by atoms with Crippen molar-refractivity contribution in [1.29, 1.82) is 0 Å². The summed E-state index contributed by atoms with van der Waals surface area (Å²) in [5.41, 5.74) is 4.27. The Balaban J connectivity index is 1.77. The standard InChI is InChI=1S/C28H29NO3/c1-3-31-28(30)19-26(25-15-14-24-16-17-32-27(24)18-25)29(20-22-10-6-4-7-11-22)21(2)23-12-8-5-9-13-23/h4-18,21,26H,3,19-20H2,1-2H3. The van der Waals surface area contributed by atoms with E-state index >= 15 is 0 Å². The van der Waals surface area contributed by atoms with Crippen LogP contribution >= 0.6 is 0 Å². The topological polar surface area (TPSA) is 42.7 Å². The van der Waals surface area contributed by atoms with Crippen LogP contribution in [0.5, 0.6) is 0 Å². The van der Waals surface area contributed by atoms with Gasteiger partial charge in [0.15, 0.2) is 0 Å². The normalized spacial score (nSPS) is 13.2. The third-order valence-corrected chi connectivity index (χ3v) is 5.92. The average Bonchev–Trinajstić information content (AvgIpc) is 3.30. The van der Waals surface area contributed by atoms with Crippen molar-refractivity contribution in [2.45, 2.75) is 38.9 Å². The highest BCUT2D eigenvalue weighted by molar-refractivity contribution is 5.78. The van der Waals surface area contributed by atoms with Crippen molar-refractivity contribution in [3.63, 3.8) is 0 Å². The minimum Gasteiger partial charge on any atom is -0.466 e. The highest BCUT2D eigenvalue weighted by Gasteiger charge is 2.29. The number of ether oxygens (including phenoxy) is 1. The molecule has 4 heteroatoms. The molecule has 0 bridgehead atoms. The summed E-state index contributed by atoms with van der Waals surface area (Å²) < 4.78 is 11.0. The summed E-state index contributed by atoms with van der Waals surface area (Å²) in [6.45, 7) is 5.12. The van der Waals surface area contributed by atoms with Crippen LogP contribution in [0, 0.1) is 0 Å². The summed E-state index contributed by atoms with van der Waals surface area (Å²) in [5.74, 6) is -0.199. The molecule has 4 rings (SSSR count). The lowest BCUT2D eigenvalue weighted by atomic mass is 9.96. The number of nitrogens with zero attached hydrogens (tertiary/aromatic N) is 1. The van der Waals surface area contributed by atoms with Gasteiger partial charge < -0.3 is 9.15 Å². The first-order valence-corrected chi connectivity index (χ1v) is 11.1. The molecule has 0 fully saturated rings. The van der Waals surface area contributed by atoms with Crippen molar-refractivity contribution < 1.29 is 13.9 Å². The average molecular weight is 428 g/mol. The monoisotopic (exact) mass is 427 g/mol. The number of benzene rings is 3. The summed E-state index contributed by atoms with van der Waals surface area (Å²) in [5, 5.41) is 1.05. The summed E-state index contributed by atoms with van der Waals surface area (Å²) in [6, 6.07) is 28.9. The predicted octanol–water partition coefficient (Wildman–Crippen LogP) is 6.69. The molecule has 4 aromatic rings. The van der Waals surface area contributed by atoms with E-state index in [2.05, 4.69) is 78.6 Å². The Morgan fingerprint density at radius 3 is 2.38 bits per heavy atom. The minimum absolute atomic E-state index is 0.0862. The van der Waals surface area contributed by atoms with Crippen LogP contribution in [0.25, 0.3) is 11.0 Å². The molecule has 2 unspecified atom stereocenters. The molecule has 0 N–H and O–H groups in total. The van der Waals surface area contributed by atoms with E-state index in [4.69, 9.17) is 9.15 Å². The molecule has 1 heterocycles. The number of hydrogen-bond acceptors (Lipinski definition) is 4. The van der Waals surface area contributed by atoms with Gasteiger partial charge in [0, 0.05) is 24.0 Å². The Labute approximate surface area is 189 Å². The molecule has 0 aliphatic carbocycles. The van der Waals surface area contributed by atoms with Crippen molar-refractivity contribution in [3.05, 3.63) is 108 Å². The molecular weight excluding hydrogens is 398 g/mol. The zero-order valence-corrected chi connectivity index (χ0v) is 18.6. The Morgan fingerprint density at radius 1 is 0.938 bits per heavy atom. The van der Waals surface area contributed by atoms with E-state index in [9.17, 15) is 4.79 Å². The fraction of sp³-hybridized carbons (Fsp3) is 0.250. The van der Waals surface area contributed by atoms with Gasteiger partial charge in [-0.1, -0.05) is 72.8 Å². The van der Waals surface area contributed by atoms with Crippen molar-refractivity contribution in [1.82, 2.24) is 4.90 Å². The zero-order valence-electron chi connectivity index (χ0n) is 18.6. The van der Waals surface area contributed by atoms with Crippen LogP contribution in [0.3, 0.4) is 0 Å². The fourth-order valence-corrected chi connectivity index (χ4v) is 4.22. The first kappa shape index (κ1) is 21.8. The van der Waals surface area contributed by atoms with Gasteiger partial charge >= 0.3 is 5.97 Å². The van der Waals surface area contributed by atoms with E-state index < -0.39 is 0 Å². The van der Waals surface area contributed by atoms with Gasteiger partial charge in [-0.05, 0) is 42.7 Å². The molecule has 2 atom stereocenters. The second-order valence-electron chi connectivity index (χ2n) is 7.99. The summed E-state index contributed by atoms with van der Waals surface area (Å²) >= 11 is 0.